The lowest BCUT2D eigenvalue weighted by atomic mass is 9.97. The van der Waals surface area contributed by atoms with Crippen LogP contribution in [0.2, 0.25) is 5.28 Å². The Kier molecular flexibility index (Phi) is 4.62. The first kappa shape index (κ1) is 15.0. The van der Waals surface area contributed by atoms with E-state index in [9.17, 15) is 0 Å². The molecule has 0 atom stereocenters. The number of nitrogens with zero attached hydrogens (tertiary/aromatic N) is 3. The highest BCUT2D eigenvalue weighted by Gasteiger charge is 2.18. The largest absolute Gasteiger partial charge is 0.369 e. The van der Waals surface area contributed by atoms with Crippen LogP contribution in [0, 0.1) is 12.8 Å². The molecule has 2 aromatic rings. The molecule has 0 radical (unpaired) electrons. The molecule has 0 saturated carbocycles. The Hall–Kier alpha value is -0.910. The molecule has 0 bridgehead atoms. The lowest BCUT2D eigenvalue weighted by Gasteiger charge is -2.31. The van der Waals surface area contributed by atoms with Crippen molar-refractivity contribution in [2.75, 3.05) is 31.5 Å². The van der Waals surface area contributed by atoms with Gasteiger partial charge in [-0.2, -0.15) is 0 Å². The lowest BCUT2D eigenvalue weighted by molar-refractivity contribution is 0.198. The summed E-state index contributed by atoms with van der Waals surface area (Å²) in [6.45, 7) is 8.87. The second-order valence-electron chi connectivity index (χ2n) is 5.68. The molecule has 4 nitrogen and oxygen atoms in total. The molecule has 1 aliphatic rings. The SMILES string of the molecule is CCN1CCC(CNc2nc(Cl)nc3sc(C)cc23)CC1. The van der Waals surface area contributed by atoms with Gasteiger partial charge in [-0.15, -0.1) is 11.3 Å². The summed E-state index contributed by atoms with van der Waals surface area (Å²) in [5.74, 6) is 1.60. The van der Waals surface area contributed by atoms with Gasteiger partial charge in [0.2, 0.25) is 5.28 Å². The van der Waals surface area contributed by atoms with Crippen molar-refractivity contribution in [2.45, 2.75) is 26.7 Å². The number of anilines is 1. The topological polar surface area (TPSA) is 41.0 Å². The second kappa shape index (κ2) is 6.46. The number of halogens is 1. The van der Waals surface area contributed by atoms with E-state index in [0.717, 1.165) is 35.0 Å². The fourth-order valence-electron chi connectivity index (χ4n) is 2.90. The average Bonchev–Trinajstić information content (AvgIpc) is 2.85. The van der Waals surface area contributed by atoms with Crippen molar-refractivity contribution >= 4 is 39.0 Å². The van der Waals surface area contributed by atoms with Crippen LogP contribution in [0.25, 0.3) is 10.2 Å². The monoisotopic (exact) mass is 324 g/mol. The van der Waals surface area contributed by atoms with Gasteiger partial charge in [-0.3, -0.25) is 0 Å². The molecule has 0 unspecified atom stereocenters. The molecule has 2 aromatic heterocycles. The van der Waals surface area contributed by atoms with Gasteiger partial charge in [-0.05, 0) is 63.0 Å². The molecule has 0 amide bonds. The smallest absolute Gasteiger partial charge is 0.225 e. The number of fused-ring (bicyclic) bond motifs is 1. The Bertz CT molecular complexity index is 619. The third-order valence-corrected chi connectivity index (χ3v) is 5.31. The number of aryl methyl sites for hydroxylation is 1. The van der Waals surface area contributed by atoms with Crippen LogP contribution >= 0.6 is 22.9 Å². The van der Waals surface area contributed by atoms with E-state index in [1.807, 2.05) is 0 Å². The molecule has 3 heterocycles. The molecule has 21 heavy (non-hydrogen) atoms. The quantitative estimate of drug-likeness (QED) is 0.869. The molecule has 1 fully saturated rings. The molecule has 1 aliphatic heterocycles. The number of aromatic nitrogens is 2. The molecule has 0 aliphatic carbocycles. The summed E-state index contributed by atoms with van der Waals surface area (Å²) in [6, 6.07) is 2.14. The van der Waals surface area contributed by atoms with Crippen molar-refractivity contribution in [1.29, 1.82) is 0 Å². The van der Waals surface area contributed by atoms with Gasteiger partial charge in [0.05, 0.1) is 5.39 Å². The van der Waals surface area contributed by atoms with E-state index in [0.29, 0.717) is 5.28 Å². The zero-order chi connectivity index (χ0) is 14.8. The fourth-order valence-corrected chi connectivity index (χ4v) is 4.00. The highest BCUT2D eigenvalue weighted by atomic mass is 35.5. The van der Waals surface area contributed by atoms with E-state index in [4.69, 9.17) is 11.6 Å². The van der Waals surface area contributed by atoms with Crippen LogP contribution < -0.4 is 5.32 Å². The summed E-state index contributed by atoms with van der Waals surface area (Å²) in [6.07, 6.45) is 2.51. The van der Waals surface area contributed by atoms with Gasteiger partial charge in [0.25, 0.3) is 0 Å². The molecule has 0 aromatic carbocycles. The number of likely N-dealkylation sites (tertiary alicyclic amines) is 1. The van der Waals surface area contributed by atoms with Crippen molar-refractivity contribution in [3.05, 3.63) is 16.2 Å². The van der Waals surface area contributed by atoms with E-state index in [2.05, 4.69) is 40.1 Å². The second-order valence-corrected chi connectivity index (χ2v) is 7.25. The lowest BCUT2D eigenvalue weighted by Crippen LogP contribution is -2.35. The maximum atomic E-state index is 6.03. The minimum absolute atomic E-state index is 0.327. The summed E-state index contributed by atoms with van der Waals surface area (Å²) in [4.78, 5) is 13.4. The van der Waals surface area contributed by atoms with Crippen LogP contribution in [0.5, 0.6) is 0 Å². The standard InChI is InChI=1S/C15H21ClN4S/c1-3-20-6-4-11(5-7-20)9-17-13-12-8-10(2)21-14(12)19-15(16)18-13/h8,11H,3-7,9H2,1-2H3,(H,17,18,19). The Morgan fingerprint density at radius 3 is 2.86 bits per heavy atom. The highest BCUT2D eigenvalue weighted by molar-refractivity contribution is 7.18. The summed E-state index contributed by atoms with van der Waals surface area (Å²) in [5.41, 5.74) is 0. The molecule has 114 valence electrons. The van der Waals surface area contributed by atoms with Gasteiger partial charge in [0.15, 0.2) is 0 Å². The van der Waals surface area contributed by atoms with Crippen LogP contribution in [0.1, 0.15) is 24.6 Å². The molecule has 1 N–H and O–H groups in total. The normalized spacial score (nSPS) is 17.5. The summed E-state index contributed by atoms with van der Waals surface area (Å²) >= 11 is 7.69. The average molecular weight is 325 g/mol. The van der Waals surface area contributed by atoms with Crippen molar-refractivity contribution in [1.82, 2.24) is 14.9 Å². The van der Waals surface area contributed by atoms with Gasteiger partial charge in [-0.1, -0.05) is 6.92 Å². The summed E-state index contributed by atoms with van der Waals surface area (Å²) in [5, 5.41) is 4.91. The predicted molar refractivity (Wildman–Crippen MR) is 90.5 cm³/mol. The number of hydrogen-bond acceptors (Lipinski definition) is 5. The van der Waals surface area contributed by atoms with Crippen LogP contribution in [-0.2, 0) is 0 Å². The zero-order valence-corrected chi connectivity index (χ0v) is 14.1. The Morgan fingerprint density at radius 1 is 1.38 bits per heavy atom. The van der Waals surface area contributed by atoms with Gasteiger partial charge in [-0.25, -0.2) is 9.97 Å². The maximum absolute atomic E-state index is 6.03. The molecule has 3 rings (SSSR count). The number of hydrogen-bond donors (Lipinski definition) is 1. The molecular weight excluding hydrogens is 304 g/mol. The molecule has 0 spiro atoms. The van der Waals surface area contributed by atoms with Crippen molar-refractivity contribution in [3.8, 4) is 0 Å². The fraction of sp³-hybridized carbons (Fsp3) is 0.600. The predicted octanol–water partition coefficient (Wildman–Crippen LogP) is 3.80. The Labute approximate surface area is 134 Å². The number of rotatable bonds is 4. The first-order chi connectivity index (χ1) is 10.2. The summed E-state index contributed by atoms with van der Waals surface area (Å²) < 4.78 is 0. The van der Waals surface area contributed by atoms with Crippen LogP contribution in [0.4, 0.5) is 5.82 Å². The van der Waals surface area contributed by atoms with Gasteiger partial charge < -0.3 is 10.2 Å². The van der Waals surface area contributed by atoms with E-state index in [-0.39, 0.29) is 0 Å². The number of thiophene rings is 1. The van der Waals surface area contributed by atoms with Gasteiger partial charge >= 0.3 is 0 Å². The minimum atomic E-state index is 0.327. The van der Waals surface area contributed by atoms with E-state index in [1.165, 1.54) is 30.8 Å². The van der Waals surface area contributed by atoms with Crippen LogP contribution in [0.15, 0.2) is 6.07 Å². The first-order valence-electron chi connectivity index (χ1n) is 7.55. The third-order valence-electron chi connectivity index (χ3n) is 4.20. The van der Waals surface area contributed by atoms with Gasteiger partial charge in [0, 0.05) is 11.4 Å². The molecule has 1 saturated heterocycles. The Morgan fingerprint density at radius 2 is 2.14 bits per heavy atom. The van der Waals surface area contributed by atoms with Gasteiger partial charge in [0.1, 0.15) is 10.6 Å². The highest BCUT2D eigenvalue weighted by Crippen LogP contribution is 2.30. The number of nitrogens with one attached hydrogen (secondary N) is 1. The van der Waals surface area contributed by atoms with Crippen molar-refractivity contribution < 1.29 is 0 Å². The molecular formula is C15H21ClN4S. The third kappa shape index (κ3) is 3.47. The Balaban J connectivity index is 1.68. The van der Waals surface area contributed by atoms with Crippen LogP contribution in [-0.4, -0.2) is 41.0 Å². The molecule has 6 heteroatoms. The van der Waals surface area contributed by atoms with Crippen LogP contribution in [0.3, 0.4) is 0 Å². The van der Waals surface area contributed by atoms with E-state index in [1.54, 1.807) is 11.3 Å². The first-order valence-corrected chi connectivity index (χ1v) is 8.75. The van der Waals surface area contributed by atoms with E-state index < -0.39 is 0 Å². The number of piperidine rings is 1. The zero-order valence-electron chi connectivity index (χ0n) is 12.5. The minimum Gasteiger partial charge on any atom is -0.369 e. The van der Waals surface area contributed by atoms with E-state index >= 15 is 0 Å². The van der Waals surface area contributed by atoms with Crippen molar-refractivity contribution in [3.63, 3.8) is 0 Å². The van der Waals surface area contributed by atoms with Crippen molar-refractivity contribution in [2.24, 2.45) is 5.92 Å². The maximum Gasteiger partial charge on any atom is 0.225 e. The summed E-state index contributed by atoms with van der Waals surface area (Å²) in [7, 11) is 0.